The normalized spacial score (nSPS) is 25.1. The van der Waals surface area contributed by atoms with Crippen molar-refractivity contribution < 1.29 is 26.4 Å². The summed E-state index contributed by atoms with van der Waals surface area (Å²) in [5, 5.41) is 0. The number of halogens is 3. The third-order valence-electron chi connectivity index (χ3n) is 9.13. The maximum absolute atomic E-state index is 13.7. The first kappa shape index (κ1) is 30.1. The summed E-state index contributed by atoms with van der Waals surface area (Å²) >= 11 is 0. The Morgan fingerprint density at radius 3 is 2.51 bits per heavy atom. The summed E-state index contributed by atoms with van der Waals surface area (Å²) < 4.78 is 70.7. The molecule has 1 aromatic heterocycles. The number of nitrogens with zero attached hydrogens (tertiary/aromatic N) is 5. The summed E-state index contributed by atoms with van der Waals surface area (Å²) in [6.07, 6.45) is 1.72. The number of piperazine rings is 1. The lowest BCUT2D eigenvalue weighted by Gasteiger charge is -2.43. The number of benzene rings is 1. The molecule has 41 heavy (non-hydrogen) atoms. The highest BCUT2D eigenvalue weighted by atomic mass is 32.2. The zero-order valence-corrected chi connectivity index (χ0v) is 24.6. The van der Waals surface area contributed by atoms with E-state index in [1.807, 2.05) is 34.8 Å². The van der Waals surface area contributed by atoms with E-state index >= 15 is 0 Å². The minimum Gasteiger partial charge on any atom is -0.349 e. The zero-order chi connectivity index (χ0) is 29.4. The van der Waals surface area contributed by atoms with Crippen LogP contribution in [0.25, 0.3) is 0 Å². The Morgan fingerprint density at radius 2 is 1.78 bits per heavy atom. The van der Waals surface area contributed by atoms with Gasteiger partial charge in [-0.15, -0.1) is 0 Å². The average molecular weight is 596 g/mol. The molecule has 12 heteroatoms. The van der Waals surface area contributed by atoms with Crippen LogP contribution < -0.4 is 0 Å². The van der Waals surface area contributed by atoms with E-state index in [0.717, 1.165) is 69.7 Å². The predicted molar refractivity (Wildman–Crippen MR) is 150 cm³/mol. The molecule has 2 aliphatic heterocycles. The van der Waals surface area contributed by atoms with E-state index in [-0.39, 0.29) is 31.3 Å². The van der Waals surface area contributed by atoms with Crippen molar-refractivity contribution in [3.05, 3.63) is 53.9 Å². The Bertz CT molecular complexity index is 1320. The van der Waals surface area contributed by atoms with Crippen molar-refractivity contribution in [1.29, 1.82) is 0 Å². The van der Waals surface area contributed by atoms with Crippen molar-refractivity contribution in [3.8, 4) is 0 Å². The van der Waals surface area contributed by atoms with E-state index in [1.165, 1.54) is 10.4 Å². The van der Waals surface area contributed by atoms with Crippen LogP contribution in [0, 0.1) is 0 Å². The van der Waals surface area contributed by atoms with E-state index in [4.69, 9.17) is 0 Å². The van der Waals surface area contributed by atoms with Crippen molar-refractivity contribution in [3.63, 3.8) is 0 Å². The average Bonchev–Trinajstić information content (AvgIpc) is 3.45. The molecule has 226 valence electrons. The molecule has 0 radical (unpaired) electrons. The van der Waals surface area contributed by atoms with Crippen molar-refractivity contribution in [2.75, 3.05) is 46.8 Å². The Balaban J connectivity index is 1.29. The number of sulfonamides is 1. The monoisotopic (exact) mass is 595 g/mol. The first-order valence-electron chi connectivity index (χ1n) is 14.5. The van der Waals surface area contributed by atoms with Crippen LogP contribution in [0.4, 0.5) is 13.2 Å². The van der Waals surface area contributed by atoms with Gasteiger partial charge in [0.05, 0.1) is 16.5 Å². The van der Waals surface area contributed by atoms with Gasteiger partial charge < -0.3 is 14.4 Å². The smallest absolute Gasteiger partial charge is 0.349 e. The third-order valence-corrected chi connectivity index (χ3v) is 11.0. The minimum absolute atomic E-state index is 0.0332. The largest absolute Gasteiger partial charge is 0.416 e. The lowest BCUT2D eigenvalue weighted by molar-refractivity contribution is -0.137. The molecule has 1 unspecified atom stereocenters. The molecule has 0 N–H and O–H groups in total. The summed E-state index contributed by atoms with van der Waals surface area (Å²) in [7, 11) is -0.252. The molecular weight excluding hydrogens is 555 g/mol. The fourth-order valence-corrected chi connectivity index (χ4v) is 8.31. The number of carbonyl (C=O) groups excluding carboxylic acids is 1. The fourth-order valence-electron chi connectivity index (χ4n) is 6.64. The Labute approximate surface area is 240 Å². The highest BCUT2D eigenvalue weighted by Gasteiger charge is 2.39. The molecule has 2 fully saturated rings. The van der Waals surface area contributed by atoms with Crippen LogP contribution in [0.2, 0.25) is 0 Å². The number of amides is 1. The standard InChI is InChI=1S/C29H40F3N5O3S/c1-33-14-16-35(17-15-33)24-8-4-7-23(21-24)34(2)28(38)12-11-27-26-10-5-13-36(26)18-19-37(27)41(39,40)25-9-3-6-22(20-25)29(30,31)32/h3,5-6,9-10,13,20,23-24,27H,4,7-8,11-12,14-19,21H2,1-2H3/t23-,24+,27?/m1/s1. The Morgan fingerprint density at radius 1 is 1.02 bits per heavy atom. The lowest BCUT2D eigenvalue weighted by atomic mass is 9.88. The minimum atomic E-state index is -4.65. The molecule has 0 spiro atoms. The van der Waals surface area contributed by atoms with Gasteiger partial charge in [-0.1, -0.05) is 6.07 Å². The van der Waals surface area contributed by atoms with Gasteiger partial charge in [0.2, 0.25) is 15.9 Å². The number of carbonyl (C=O) groups is 1. The SMILES string of the molecule is CN1CCN([C@H]2CCC[C@@H](N(C)C(=O)CCC3c4cccn4CCN3S(=O)(=O)c3cccc(C(F)(F)F)c3)C2)CC1. The van der Waals surface area contributed by atoms with Crippen LogP contribution in [0.3, 0.4) is 0 Å². The number of hydrogen-bond acceptors (Lipinski definition) is 5. The molecule has 3 aliphatic rings. The summed E-state index contributed by atoms with van der Waals surface area (Å²) in [6.45, 7) is 4.70. The maximum atomic E-state index is 13.7. The molecule has 3 atom stereocenters. The molecule has 1 saturated heterocycles. The van der Waals surface area contributed by atoms with Crippen LogP contribution >= 0.6 is 0 Å². The van der Waals surface area contributed by atoms with Crippen molar-refractivity contribution in [2.45, 2.75) is 74.3 Å². The molecule has 1 aliphatic carbocycles. The molecular formula is C29H40F3N5O3S. The summed E-state index contributed by atoms with van der Waals surface area (Å²) in [5.41, 5.74) is -0.260. The van der Waals surface area contributed by atoms with E-state index < -0.39 is 32.7 Å². The van der Waals surface area contributed by atoms with E-state index in [0.29, 0.717) is 18.7 Å². The molecule has 5 rings (SSSR count). The second-order valence-corrected chi connectivity index (χ2v) is 13.5. The Kier molecular flexibility index (Phi) is 8.84. The van der Waals surface area contributed by atoms with Crippen molar-refractivity contribution >= 4 is 15.9 Å². The van der Waals surface area contributed by atoms with E-state index in [1.54, 1.807) is 0 Å². The van der Waals surface area contributed by atoms with E-state index in [2.05, 4.69) is 16.8 Å². The van der Waals surface area contributed by atoms with Gasteiger partial charge in [-0.3, -0.25) is 9.69 Å². The second kappa shape index (κ2) is 12.1. The fraction of sp³-hybridized carbons (Fsp3) is 0.621. The number of aromatic nitrogens is 1. The topological polar surface area (TPSA) is 69.1 Å². The van der Waals surface area contributed by atoms with Gasteiger partial charge in [-0.25, -0.2) is 8.42 Å². The van der Waals surface area contributed by atoms with Gasteiger partial charge >= 0.3 is 6.18 Å². The third kappa shape index (κ3) is 6.50. The zero-order valence-electron chi connectivity index (χ0n) is 23.8. The van der Waals surface area contributed by atoms with Crippen LogP contribution in [0.15, 0.2) is 47.5 Å². The maximum Gasteiger partial charge on any atom is 0.416 e. The lowest BCUT2D eigenvalue weighted by Crippen LogP contribution is -2.52. The van der Waals surface area contributed by atoms with Gasteiger partial charge in [0.1, 0.15) is 0 Å². The van der Waals surface area contributed by atoms with Gasteiger partial charge in [0.25, 0.3) is 0 Å². The highest BCUT2D eigenvalue weighted by Crippen LogP contribution is 2.37. The predicted octanol–water partition coefficient (Wildman–Crippen LogP) is 4.05. The number of fused-ring (bicyclic) bond motifs is 1. The van der Waals surface area contributed by atoms with Crippen molar-refractivity contribution in [2.24, 2.45) is 0 Å². The molecule has 2 aromatic rings. The summed E-state index contributed by atoms with van der Waals surface area (Å²) in [6, 6.07) is 7.49. The van der Waals surface area contributed by atoms with Gasteiger partial charge in [0.15, 0.2) is 0 Å². The quantitative estimate of drug-likeness (QED) is 0.483. The number of likely N-dealkylation sites (N-methyl/N-ethyl adjacent to an activating group) is 1. The summed E-state index contributed by atoms with van der Waals surface area (Å²) in [4.78, 5) is 19.8. The first-order chi connectivity index (χ1) is 19.4. The molecule has 0 bridgehead atoms. The second-order valence-electron chi connectivity index (χ2n) is 11.6. The molecule has 8 nitrogen and oxygen atoms in total. The molecule has 1 saturated carbocycles. The number of hydrogen-bond donors (Lipinski definition) is 0. The molecule has 1 amide bonds. The van der Waals surface area contributed by atoms with Gasteiger partial charge in [-0.2, -0.15) is 17.5 Å². The summed E-state index contributed by atoms with van der Waals surface area (Å²) in [5.74, 6) is -0.0332. The van der Waals surface area contributed by atoms with Crippen molar-refractivity contribution in [1.82, 2.24) is 23.6 Å². The number of rotatable bonds is 7. The van der Waals surface area contributed by atoms with Crippen LogP contribution in [-0.4, -0.2) is 96.8 Å². The van der Waals surface area contributed by atoms with Crippen LogP contribution in [0.1, 0.15) is 55.8 Å². The van der Waals surface area contributed by atoms with Gasteiger partial charge in [0, 0.05) is 76.7 Å². The number of alkyl halides is 3. The van der Waals surface area contributed by atoms with Crippen LogP contribution in [-0.2, 0) is 27.5 Å². The molecule has 3 heterocycles. The van der Waals surface area contributed by atoms with Gasteiger partial charge in [-0.05, 0) is 69.5 Å². The first-order valence-corrected chi connectivity index (χ1v) is 15.9. The Hall–Kier alpha value is -2.41. The van der Waals surface area contributed by atoms with Crippen LogP contribution in [0.5, 0.6) is 0 Å². The van der Waals surface area contributed by atoms with E-state index in [9.17, 15) is 26.4 Å². The molecule has 1 aromatic carbocycles. The highest BCUT2D eigenvalue weighted by molar-refractivity contribution is 7.89.